The normalized spacial score (nSPS) is 18.4. The van der Waals surface area contributed by atoms with Crippen LogP contribution in [0.1, 0.15) is 11.1 Å². The molecule has 3 heteroatoms. The minimum Gasteiger partial charge on any atom is -0.456 e. The number of nitrogens with zero attached hydrogens (tertiary/aromatic N) is 2. The topological polar surface area (TPSA) is 15.7 Å². The van der Waals surface area contributed by atoms with Gasteiger partial charge in [-0.15, -0.1) is 0 Å². The molecule has 2 aromatic rings. The molecule has 0 aliphatic carbocycles. The Labute approximate surface area is 137 Å². The maximum atomic E-state index is 6.16. The van der Waals surface area contributed by atoms with E-state index >= 15 is 0 Å². The van der Waals surface area contributed by atoms with Gasteiger partial charge in [0, 0.05) is 43.9 Å². The van der Waals surface area contributed by atoms with Gasteiger partial charge in [-0.25, -0.2) is 0 Å². The van der Waals surface area contributed by atoms with Crippen molar-refractivity contribution in [2.75, 3.05) is 39.8 Å². The summed E-state index contributed by atoms with van der Waals surface area (Å²) in [7, 11) is 2.20. The number of rotatable bonds is 2. The molecule has 0 radical (unpaired) electrons. The van der Waals surface area contributed by atoms with Crippen LogP contribution in [0.25, 0.3) is 11.6 Å². The Bertz CT molecular complexity index is 730. The van der Waals surface area contributed by atoms with Crippen molar-refractivity contribution in [2.24, 2.45) is 0 Å². The highest BCUT2D eigenvalue weighted by molar-refractivity contribution is 5.87. The van der Waals surface area contributed by atoms with Crippen LogP contribution < -0.4 is 4.74 Å². The lowest BCUT2D eigenvalue weighted by atomic mass is 10.0. The van der Waals surface area contributed by atoms with E-state index in [1.54, 1.807) is 0 Å². The van der Waals surface area contributed by atoms with Crippen molar-refractivity contribution in [3.63, 3.8) is 0 Å². The molecular formula is C20H22N2O. The largest absolute Gasteiger partial charge is 0.456 e. The van der Waals surface area contributed by atoms with Gasteiger partial charge in [-0.1, -0.05) is 36.4 Å². The average Bonchev–Trinajstić information content (AvgIpc) is 2.73. The quantitative estimate of drug-likeness (QED) is 0.843. The Kier molecular flexibility index (Phi) is 3.90. The molecule has 0 atom stereocenters. The van der Waals surface area contributed by atoms with Crippen molar-refractivity contribution in [3.05, 3.63) is 59.7 Å². The Balaban J connectivity index is 1.69. The first-order chi connectivity index (χ1) is 11.3. The molecule has 1 saturated heterocycles. The Morgan fingerprint density at radius 3 is 2.39 bits per heavy atom. The second-order valence-electron chi connectivity index (χ2n) is 6.39. The predicted octanol–water partition coefficient (Wildman–Crippen LogP) is 3.58. The van der Waals surface area contributed by atoms with Crippen LogP contribution in [0.4, 0.5) is 0 Å². The van der Waals surface area contributed by atoms with E-state index in [0.29, 0.717) is 0 Å². The summed E-state index contributed by atoms with van der Waals surface area (Å²) in [4.78, 5) is 4.93. The van der Waals surface area contributed by atoms with Crippen LogP contribution in [-0.2, 0) is 0 Å². The van der Waals surface area contributed by atoms with Crippen LogP contribution in [0.3, 0.4) is 0 Å². The standard InChI is InChI=1S/C20H22N2O/c1-21-10-12-22(13-11-21)15-17-14-16-6-2-4-8-19(16)23-20-9-5-3-7-18(17)20/h2-9,14H,10-13,15H2,1H3. The fourth-order valence-electron chi connectivity index (χ4n) is 3.28. The number of ether oxygens (including phenoxy) is 1. The van der Waals surface area contributed by atoms with Crippen molar-refractivity contribution in [1.82, 2.24) is 9.80 Å². The number of hydrogen-bond acceptors (Lipinski definition) is 3. The molecule has 0 spiro atoms. The summed E-state index contributed by atoms with van der Waals surface area (Å²) in [6.07, 6.45) is 2.29. The molecular weight excluding hydrogens is 284 g/mol. The van der Waals surface area contributed by atoms with Gasteiger partial charge in [0.2, 0.25) is 0 Å². The first-order valence-electron chi connectivity index (χ1n) is 8.27. The summed E-state index contributed by atoms with van der Waals surface area (Å²) in [5.41, 5.74) is 3.71. The summed E-state index contributed by atoms with van der Waals surface area (Å²) in [5.74, 6) is 1.89. The molecule has 23 heavy (non-hydrogen) atoms. The van der Waals surface area contributed by atoms with E-state index in [9.17, 15) is 0 Å². The Hall–Kier alpha value is -2.10. The zero-order chi connectivity index (χ0) is 15.6. The predicted molar refractivity (Wildman–Crippen MR) is 94.8 cm³/mol. The fraction of sp³-hybridized carbons (Fsp3) is 0.300. The van der Waals surface area contributed by atoms with Gasteiger partial charge in [0.1, 0.15) is 11.5 Å². The third-order valence-electron chi connectivity index (χ3n) is 4.69. The molecule has 118 valence electrons. The molecule has 0 N–H and O–H groups in total. The van der Waals surface area contributed by atoms with Gasteiger partial charge in [-0.2, -0.15) is 0 Å². The van der Waals surface area contributed by atoms with Crippen molar-refractivity contribution >= 4 is 11.6 Å². The summed E-state index contributed by atoms with van der Waals surface area (Å²) in [6.45, 7) is 5.50. The van der Waals surface area contributed by atoms with Crippen LogP contribution in [0.15, 0.2) is 48.5 Å². The number of benzene rings is 2. The summed E-state index contributed by atoms with van der Waals surface area (Å²) in [5, 5.41) is 0. The number of para-hydroxylation sites is 2. The highest BCUT2D eigenvalue weighted by atomic mass is 16.5. The molecule has 4 rings (SSSR count). The second kappa shape index (κ2) is 6.19. The maximum absolute atomic E-state index is 6.16. The lowest BCUT2D eigenvalue weighted by Crippen LogP contribution is -2.44. The van der Waals surface area contributed by atoms with Crippen LogP contribution in [0.5, 0.6) is 11.5 Å². The van der Waals surface area contributed by atoms with Crippen LogP contribution in [-0.4, -0.2) is 49.6 Å². The lowest BCUT2D eigenvalue weighted by molar-refractivity contribution is 0.168. The monoisotopic (exact) mass is 306 g/mol. The summed E-state index contributed by atoms with van der Waals surface area (Å²) >= 11 is 0. The van der Waals surface area contributed by atoms with E-state index in [4.69, 9.17) is 4.74 Å². The van der Waals surface area contributed by atoms with E-state index < -0.39 is 0 Å². The van der Waals surface area contributed by atoms with Gasteiger partial charge in [-0.3, -0.25) is 4.90 Å². The second-order valence-corrected chi connectivity index (χ2v) is 6.39. The van der Waals surface area contributed by atoms with Gasteiger partial charge in [0.25, 0.3) is 0 Å². The van der Waals surface area contributed by atoms with Crippen molar-refractivity contribution in [3.8, 4) is 11.5 Å². The van der Waals surface area contributed by atoms with E-state index in [1.165, 1.54) is 11.1 Å². The van der Waals surface area contributed by atoms with Gasteiger partial charge in [0.05, 0.1) is 0 Å². The number of fused-ring (bicyclic) bond motifs is 2. The maximum Gasteiger partial charge on any atom is 0.135 e. The van der Waals surface area contributed by atoms with Crippen LogP contribution >= 0.6 is 0 Å². The third-order valence-corrected chi connectivity index (χ3v) is 4.69. The van der Waals surface area contributed by atoms with Crippen molar-refractivity contribution in [1.29, 1.82) is 0 Å². The summed E-state index contributed by atoms with van der Waals surface area (Å²) < 4.78 is 6.16. The lowest BCUT2D eigenvalue weighted by Gasteiger charge is -2.33. The fourth-order valence-corrected chi connectivity index (χ4v) is 3.28. The van der Waals surface area contributed by atoms with E-state index in [0.717, 1.165) is 49.8 Å². The Morgan fingerprint density at radius 2 is 1.57 bits per heavy atom. The smallest absolute Gasteiger partial charge is 0.135 e. The number of piperazine rings is 1. The van der Waals surface area contributed by atoms with Crippen molar-refractivity contribution in [2.45, 2.75) is 0 Å². The Morgan fingerprint density at radius 1 is 0.870 bits per heavy atom. The SMILES string of the molecule is CN1CCN(CC2=Cc3ccccc3Oc3ccccc32)CC1. The molecule has 0 unspecified atom stereocenters. The molecule has 0 bridgehead atoms. The van der Waals surface area contributed by atoms with E-state index in [2.05, 4.69) is 53.3 Å². The molecule has 1 fully saturated rings. The summed E-state index contributed by atoms with van der Waals surface area (Å²) in [6, 6.07) is 16.6. The number of hydrogen-bond donors (Lipinski definition) is 0. The number of likely N-dealkylation sites (N-methyl/N-ethyl adjacent to an activating group) is 1. The molecule has 0 saturated carbocycles. The highest BCUT2D eigenvalue weighted by Crippen LogP contribution is 2.37. The molecule has 2 aromatic carbocycles. The minimum absolute atomic E-state index is 0.938. The molecule has 0 aromatic heterocycles. The minimum atomic E-state index is 0.938. The molecule has 3 nitrogen and oxygen atoms in total. The van der Waals surface area contributed by atoms with Crippen LogP contribution in [0, 0.1) is 0 Å². The molecule has 2 aliphatic heterocycles. The van der Waals surface area contributed by atoms with Gasteiger partial charge < -0.3 is 9.64 Å². The van der Waals surface area contributed by atoms with Gasteiger partial charge >= 0.3 is 0 Å². The highest BCUT2D eigenvalue weighted by Gasteiger charge is 2.20. The molecule has 2 heterocycles. The van der Waals surface area contributed by atoms with Crippen LogP contribution in [0.2, 0.25) is 0 Å². The van der Waals surface area contributed by atoms with Gasteiger partial charge in [-0.05, 0) is 30.8 Å². The first kappa shape index (κ1) is 14.5. The van der Waals surface area contributed by atoms with E-state index in [1.807, 2.05) is 18.2 Å². The third kappa shape index (κ3) is 3.03. The zero-order valence-corrected chi connectivity index (χ0v) is 13.5. The van der Waals surface area contributed by atoms with Gasteiger partial charge in [0.15, 0.2) is 0 Å². The van der Waals surface area contributed by atoms with E-state index in [-0.39, 0.29) is 0 Å². The van der Waals surface area contributed by atoms with Crippen molar-refractivity contribution < 1.29 is 4.74 Å². The molecule has 0 amide bonds. The first-order valence-corrected chi connectivity index (χ1v) is 8.27. The average molecular weight is 306 g/mol. The zero-order valence-electron chi connectivity index (χ0n) is 13.5. The molecule has 2 aliphatic rings.